The molecular weight excluding hydrogens is 156 g/mol. The van der Waals surface area contributed by atoms with Crippen LogP contribution in [0.25, 0.3) is 0 Å². The highest BCUT2D eigenvalue weighted by Crippen LogP contribution is 2.05. The summed E-state index contributed by atoms with van der Waals surface area (Å²) in [5, 5.41) is 0.951. The maximum Gasteiger partial charge on any atom is 0.0361 e. The van der Waals surface area contributed by atoms with Crippen LogP contribution in [0.3, 0.4) is 0 Å². The largest absolute Gasteiger partial charge is 0.179 e. The predicted octanol–water partition coefficient (Wildman–Crippen LogP) is 2.32. The van der Waals surface area contributed by atoms with Crippen molar-refractivity contribution >= 4 is 37.0 Å². The molecule has 0 saturated heterocycles. The van der Waals surface area contributed by atoms with Crippen LogP contribution in [0.4, 0.5) is 0 Å². The minimum absolute atomic E-state index is 0.951. The van der Waals surface area contributed by atoms with Gasteiger partial charge < -0.3 is 0 Å². The first-order valence-electron chi connectivity index (χ1n) is 2.71. The summed E-state index contributed by atoms with van der Waals surface area (Å²) in [6, 6.07) is 0. The van der Waals surface area contributed by atoms with E-state index in [0.29, 0.717) is 0 Å². The molecule has 0 aromatic carbocycles. The summed E-state index contributed by atoms with van der Waals surface area (Å²) in [6.45, 7) is 0. The summed E-state index contributed by atoms with van der Waals surface area (Å²) in [4.78, 5) is 0. The highest BCUT2D eigenvalue weighted by molar-refractivity contribution is 8.09. The molecule has 0 unspecified atom stereocenters. The third-order valence-electron chi connectivity index (χ3n) is 0.788. The van der Waals surface area contributed by atoms with Crippen molar-refractivity contribution in [3.63, 3.8) is 0 Å². The Labute approximate surface area is 66.6 Å². The number of thiol groups is 2. The van der Waals surface area contributed by atoms with E-state index in [9.17, 15) is 0 Å². The molecule has 0 aromatic heterocycles. The van der Waals surface area contributed by atoms with E-state index in [4.69, 9.17) is 0 Å². The van der Waals surface area contributed by atoms with Crippen LogP contribution in [0, 0.1) is 0 Å². The highest BCUT2D eigenvalue weighted by atomic mass is 32.2. The molecule has 0 atom stereocenters. The van der Waals surface area contributed by atoms with E-state index in [1.165, 1.54) is 18.6 Å². The van der Waals surface area contributed by atoms with Crippen molar-refractivity contribution in [3.8, 4) is 0 Å². The van der Waals surface area contributed by atoms with Crippen LogP contribution in [-0.4, -0.2) is 16.6 Å². The molecule has 8 heavy (non-hydrogen) atoms. The molecule has 0 aromatic rings. The average molecular weight is 168 g/mol. The smallest absolute Gasteiger partial charge is 0.0361 e. The molecule has 0 radical (unpaired) electrons. The second kappa shape index (κ2) is 8.05. The minimum atomic E-state index is 0.951. The Kier molecular flexibility index (Phi) is 9.11. The average Bonchev–Trinajstić information content (AvgIpc) is 1.81. The number of unbranched alkanes of at least 4 members (excludes halogenated alkanes) is 1. The quantitative estimate of drug-likeness (QED) is 0.361. The van der Waals surface area contributed by atoms with Crippen LogP contribution in [0.1, 0.15) is 12.8 Å². The Morgan fingerprint density at radius 1 is 1.12 bits per heavy atom. The van der Waals surface area contributed by atoms with Crippen molar-refractivity contribution in [1.29, 1.82) is 0 Å². The zero-order valence-corrected chi connectivity index (χ0v) is 7.44. The molecule has 0 heterocycles. The fourth-order valence-corrected chi connectivity index (χ4v) is 1.53. The fraction of sp³-hybridized carbons (Fsp3) is 1.00. The first-order chi connectivity index (χ1) is 3.91. The number of hydrogen-bond donors (Lipinski definition) is 2. The molecule has 0 fully saturated rings. The van der Waals surface area contributed by atoms with Gasteiger partial charge in [-0.15, -0.1) is 0 Å². The Morgan fingerprint density at radius 3 is 2.38 bits per heavy atom. The molecule has 0 spiro atoms. The fourth-order valence-electron chi connectivity index (χ4n) is 0.380. The van der Waals surface area contributed by atoms with Crippen molar-refractivity contribution < 1.29 is 0 Å². The zero-order valence-electron chi connectivity index (χ0n) is 4.84. The van der Waals surface area contributed by atoms with Crippen LogP contribution in [-0.2, 0) is 0 Å². The maximum atomic E-state index is 4.09. The lowest BCUT2D eigenvalue weighted by atomic mass is 10.4. The summed E-state index contributed by atoms with van der Waals surface area (Å²) in [5.74, 6) is 2.26. The second-order valence-corrected chi connectivity index (χ2v) is 3.76. The van der Waals surface area contributed by atoms with Gasteiger partial charge in [0.15, 0.2) is 0 Å². The third-order valence-corrected chi connectivity index (χ3v) is 2.41. The van der Waals surface area contributed by atoms with Crippen molar-refractivity contribution in [3.05, 3.63) is 0 Å². The lowest BCUT2D eigenvalue weighted by Crippen LogP contribution is -1.80. The molecule has 0 nitrogen and oxygen atoms in total. The van der Waals surface area contributed by atoms with Crippen LogP contribution in [0.15, 0.2) is 0 Å². The van der Waals surface area contributed by atoms with Gasteiger partial charge in [0.25, 0.3) is 0 Å². The molecule has 3 heteroatoms. The molecule has 0 aliphatic carbocycles. The van der Waals surface area contributed by atoms with Gasteiger partial charge in [0.05, 0.1) is 0 Å². The van der Waals surface area contributed by atoms with Crippen LogP contribution >= 0.6 is 37.0 Å². The number of thioether (sulfide) groups is 1. The lowest BCUT2D eigenvalue weighted by molar-refractivity contribution is 0.911. The molecule has 50 valence electrons. The normalized spacial score (nSPS) is 9.75. The van der Waals surface area contributed by atoms with Gasteiger partial charge in [0.2, 0.25) is 0 Å². The second-order valence-electron chi connectivity index (χ2n) is 1.47. The molecule has 0 saturated carbocycles. The van der Waals surface area contributed by atoms with Gasteiger partial charge in [0, 0.05) is 5.08 Å². The summed E-state index contributed by atoms with van der Waals surface area (Å²) in [5.41, 5.74) is 0. The molecule has 0 aliphatic heterocycles. The Bertz CT molecular complexity index is 32.7. The van der Waals surface area contributed by atoms with E-state index < -0.39 is 0 Å². The lowest BCUT2D eigenvalue weighted by Gasteiger charge is -1.93. The van der Waals surface area contributed by atoms with Gasteiger partial charge >= 0.3 is 0 Å². The summed E-state index contributed by atoms with van der Waals surface area (Å²) < 4.78 is 0. The van der Waals surface area contributed by atoms with Gasteiger partial charge in [-0.05, 0) is 24.3 Å². The first kappa shape index (κ1) is 9.05. The molecule has 0 N–H and O–H groups in total. The van der Waals surface area contributed by atoms with Crippen molar-refractivity contribution in [1.82, 2.24) is 0 Å². The monoisotopic (exact) mass is 168 g/mol. The van der Waals surface area contributed by atoms with E-state index in [2.05, 4.69) is 25.3 Å². The SMILES string of the molecule is SCCCCSCS. The molecule has 0 rings (SSSR count). The van der Waals surface area contributed by atoms with Gasteiger partial charge in [-0.2, -0.15) is 37.0 Å². The molecule has 0 bridgehead atoms. The molecular formula is C5H12S3. The summed E-state index contributed by atoms with van der Waals surface area (Å²) >= 11 is 10.0. The van der Waals surface area contributed by atoms with E-state index in [1.54, 1.807) is 0 Å². The van der Waals surface area contributed by atoms with Crippen molar-refractivity contribution in [2.24, 2.45) is 0 Å². The minimum Gasteiger partial charge on any atom is -0.179 e. The van der Waals surface area contributed by atoms with Crippen LogP contribution in [0.2, 0.25) is 0 Å². The standard InChI is InChI=1S/C5H12S3/c6-3-1-2-4-8-5-7/h6-7H,1-5H2. The van der Waals surface area contributed by atoms with E-state index in [0.717, 1.165) is 10.8 Å². The summed E-state index contributed by atoms with van der Waals surface area (Å²) in [7, 11) is 0. The van der Waals surface area contributed by atoms with Gasteiger partial charge in [-0.1, -0.05) is 0 Å². The predicted molar refractivity (Wildman–Crippen MR) is 49.4 cm³/mol. The Balaban J connectivity index is 2.53. The number of rotatable bonds is 5. The highest BCUT2D eigenvalue weighted by Gasteiger charge is 1.84. The van der Waals surface area contributed by atoms with Gasteiger partial charge in [0.1, 0.15) is 0 Å². The first-order valence-corrected chi connectivity index (χ1v) is 5.13. The maximum absolute atomic E-state index is 4.09. The third kappa shape index (κ3) is 7.05. The topological polar surface area (TPSA) is 0 Å². The van der Waals surface area contributed by atoms with Gasteiger partial charge in [-0.25, -0.2) is 0 Å². The molecule has 0 aliphatic rings. The van der Waals surface area contributed by atoms with E-state index in [1.807, 2.05) is 11.8 Å². The van der Waals surface area contributed by atoms with Gasteiger partial charge in [-0.3, -0.25) is 0 Å². The summed E-state index contributed by atoms with van der Waals surface area (Å²) in [6.07, 6.45) is 2.53. The number of hydrogen-bond acceptors (Lipinski definition) is 3. The zero-order chi connectivity index (χ0) is 6.24. The Hall–Kier alpha value is 1.05. The van der Waals surface area contributed by atoms with E-state index in [-0.39, 0.29) is 0 Å². The van der Waals surface area contributed by atoms with Crippen LogP contribution < -0.4 is 0 Å². The van der Waals surface area contributed by atoms with Crippen LogP contribution in [0.5, 0.6) is 0 Å². The van der Waals surface area contributed by atoms with E-state index >= 15 is 0 Å². The van der Waals surface area contributed by atoms with Crippen molar-refractivity contribution in [2.45, 2.75) is 12.8 Å². The Morgan fingerprint density at radius 2 is 1.88 bits per heavy atom. The molecule has 0 amide bonds. The van der Waals surface area contributed by atoms with Crippen molar-refractivity contribution in [2.75, 3.05) is 16.6 Å².